The summed E-state index contributed by atoms with van der Waals surface area (Å²) in [5.41, 5.74) is 0.993. The fraction of sp³-hybridized carbons (Fsp3) is 0.462. The van der Waals surface area contributed by atoms with E-state index < -0.39 is 0 Å². The van der Waals surface area contributed by atoms with E-state index in [1.54, 1.807) is 18.2 Å². The van der Waals surface area contributed by atoms with Crippen LogP contribution in [0.4, 0.5) is 0 Å². The number of ether oxygens (including phenoxy) is 1. The van der Waals surface area contributed by atoms with Crippen LogP contribution in [-0.4, -0.2) is 18.2 Å². The molecule has 16 heavy (non-hydrogen) atoms. The number of benzene rings is 1. The quantitative estimate of drug-likeness (QED) is 0.779. The molecular formula is C13H18O3. The van der Waals surface area contributed by atoms with Crippen LogP contribution in [0.2, 0.25) is 0 Å². The lowest BCUT2D eigenvalue weighted by atomic mass is 9.91. The lowest BCUT2D eigenvalue weighted by Gasteiger charge is -2.15. The molecule has 0 aliphatic rings. The normalized spacial score (nSPS) is 12.1. The predicted molar refractivity (Wildman–Crippen MR) is 62.4 cm³/mol. The molecule has 0 saturated heterocycles. The lowest BCUT2D eigenvalue weighted by Crippen LogP contribution is -2.08. The van der Waals surface area contributed by atoms with Crippen LogP contribution < -0.4 is 0 Å². The third-order valence-electron chi connectivity index (χ3n) is 2.62. The van der Waals surface area contributed by atoms with Crippen molar-refractivity contribution in [1.82, 2.24) is 0 Å². The van der Waals surface area contributed by atoms with Gasteiger partial charge in [-0.05, 0) is 30.0 Å². The molecule has 0 spiro atoms. The van der Waals surface area contributed by atoms with E-state index in [-0.39, 0.29) is 17.6 Å². The average molecular weight is 222 g/mol. The highest BCUT2D eigenvalue weighted by Gasteiger charge is 2.15. The molecule has 1 aromatic carbocycles. The maximum Gasteiger partial charge on any atom is 0.306 e. The highest BCUT2D eigenvalue weighted by atomic mass is 16.5. The molecule has 0 radical (unpaired) electrons. The Morgan fingerprint density at radius 3 is 2.81 bits per heavy atom. The lowest BCUT2D eigenvalue weighted by molar-refractivity contribution is -0.141. The summed E-state index contributed by atoms with van der Waals surface area (Å²) < 4.78 is 4.68. The highest BCUT2D eigenvalue weighted by Crippen LogP contribution is 2.27. The van der Waals surface area contributed by atoms with Gasteiger partial charge in [-0.15, -0.1) is 0 Å². The fourth-order valence-electron chi connectivity index (χ4n) is 1.80. The second-order valence-electron chi connectivity index (χ2n) is 3.86. The van der Waals surface area contributed by atoms with Gasteiger partial charge in [-0.3, -0.25) is 4.79 Å². The third kappa shape index (κ3) is 3.57. The smallest absolute Gasteiger partial charge is 0.306 e. The first-order valence-electron chi connectivity index (χ1n) is 5.53. The summed E-state index contributed by atoms with van der Waals surface area (Å²) in [5, 5.41) is 9.41. The van der Waals surface area contributed by atoms with Gasteiger partial charge in [0.05, 0.1) is 13.5 Å². The average Bonchev–Trinajstić information content (AvgIpc) is 2.28. The maximum absolute atomic E-state index is 11.3. The van der Waals surface area contributed by atoms with E-state index in [0.29, 0.717) is 6.42 Å². The van der Waals surface area contributed by atoms with Crippen molar-refractivity contribution in [2.75, 3.05) is 7.11 Å². The number of carbonyl (C=O) groups is 1. The summed E-state index contributed by atoms with van der Waals surface area (Å²) >= 11 is 0. The van der Waals surface area contributed by atoms with Crippen LogP contribution >= 0.6 is 0 Å². The Labute approximate surface area is 96.1 Å². The van der Waals surface area contributed by atoms with Gasteiger partial charge in [-0.1, -0.05) is 25.5 Å². The number of phenols is 1. The molecular weight excluding hydrogens is 204 g/mol. The molecule has 0 heterocycles. The zero-order chi connectivity index (χ0) is 12.0. The predicted octanol–water partition coefficient (Wildman–Crippen LogP) is 2.84. The Morgan fingerprint density at radius 1 is 1.50 bits per heavy atom. The molecule has 1 rings (SSSR count). The Kier molecular flexibility index (Phi) is 4.83. The van der Waals surface area contributed by atoms with Crippen molar-refractivity contribution in [3.05, 3.63) is 29.8 Å². The van der Waals surface area contributed by atoms with Crippen LogP contribution in [0.5, 0.6) is 5.75 Å². The summed E-state index contributed by atoms with van der Waals surface area (Å²) in [7, 11) is 1.40. The van der Waals surface area contributed by atoms with Crippen LogP contribution in [-0.2, 0) is 9.53 Å². The Balaban J connectivity index is 2.80. The molecule has 88 valence electrons. The van der Waals surface area contributed by atoms with Crippen molar-refractivity contribution in [2.45, 2.75) is 32.1 Å². The van der Waals surface area contributed by atoms with Gasteiger partial charge in [0.15, 0.2) is 0 Å². The minimum Gasteiger partial charge on any atom is -0.508 e. The monoisotopic (exact) mass is 222 g/mol. The molecule has 3 nitrogen and oxygen atoms in total. The number of hydrogen-bond donors (Lipinski definition) is 1. The molecule has 0 aliphatic heterocycles. The molecule has 0 unspecified atom stereocenters. The number of aromatic hydroxyl groups is 1. The Hall–Kier alpha value is -1.51. The summed E-state index contributed by atoms with van der Waals surface area (Å²) in [6.45, 7) is 2.08. The number of methoxy groups -OCH3 is 1. The second kappa shape index (κ2) is 6.16. The van der Waals surface area contributed by atoms with E-state index in [1.165, 1.54) is 7.11 Å². The molecule has 1 aromatic rings. The van der Waals surface area contributed by atoms with E-state index in [0.717, 1.165) is 18.4 Å². The van der Waals surface area contributed by atoms with E-state index >= 15 is 0 Å². The van der Waals surface area contributed by atoms with Crippen molar-refractivity contribution in [3.8, 4) is 5.75 Å². The summed E-state index contributed by atoms with van der Waals surface area (Å²) in [5.74, 6) is 0.162. The van der Waals surface area contributed by atoms with Gasteiger partial charge in [-0.2, -0.15) is 0 Å². The van der Waals surface area contributed by atoms with E-state index in [9.17, 15) is 9.90 Å². The number of hydrogen-bond acceptors (Lipinski definition) is 3. The zero-order valence-corrected chi connectivity index (χ0v) is 9.77. The number of rotatable bonds is 5. The van der Waals surface area contributed by atoms with Gasteiger partial charge >= 0.3 is 5.97 Å². The van der Waals surface area contributed by atoms with Crippen molar-refractivity contribution in [2.24, 2.45) is 0 Å². The van der Waals surface area contributed by atoms with Gasteiger partial charge in [0, 0.05) is 0 Å². The number of phenolic OH excluding ortho intramolecular Hbond substituents is 1. The maximum atomic E-state index is 11.3. The fourth-order valence-corrected chi connectivity index (χ4v) is 1.80. The van der Waals surface area contributed by atoms with Gasteiger partial charge in [-0.25, -0.2) is 0 Å². The van der Waals surface area contributed by atoms with E-state index in [2.05, 4.69) is 11.7 Å². The second-order valence-corrected chi connectivity index (χ2v) is 3.86. The summed E-state index contributed by atoms with van der Waals surface area (Å²) in [4.78, 5) is 11.3. The van der Waals surface area contributed by atoms with Crippen molar-refractivity contribution < 1.29 is 14.6 Å². The van der Waals surface area contributed by atoms with Crippen LogP contribution in [0, 0.1) is 0 Å². The van der Waals surface area contributed by atoms with Crippen molar-refractivity contribution in [1.29, 1.82) is 0 Å². The Morgan fingerprint density at radius 2 is 2.25 bits per heavy atom. The topological polar surface area (TPSA) is 46.5 Å². The first-order valence-corrected chi connectivity index (χ1v) is 5.53. The minimum absolute atomic E-state index is 0.129. The molecule has 1 N–H and O–H groups in total. The SMILES string of the molecule is CCC[C@H](CC(=O)OC)c1cccc(O)c1. The van der Waals surface area contributed by atoms with E-state index in [1.807, 2.05) is 6.07 Å². The summed E-state index contributed by atoms with van der Waals surface area (Å²) in [6, 6.07) is 7.07. The molecule has 0 amide bonds. The van der Waals surface area contributed by atoms with Crippen molar-refractivity contribution >= 4 is 5.97 Å². The standard InChI is InChI=1S/C13H18O3/c1-3-5-10(9-13(15)16-2)11-6-4-7-12(14)8-11/h4,6-8,10,14H,3,5,9H2,1-2H3/t10-/m1/s1. The molecule has 0 saturated carbocycles. The third-order valence-corrected chi connectivity index (χ3v) is 2.62. The summed E-state index contributed by atoms with van der Waals surface area (Å²) in [6.07, 6.45) is 2.28. The molecule has 0 bridgehead atoms. The minimum atomic E-state index is -0.207. The number of esters is 1. The molecule has 0 aromatic heterocycles. The molecule has 0 fully saturated rings. The van der Waals surface area contributed by atoms with Crippen LogP contribution in [0.25, 0.3) is 0 Å². The first kappa shape index (κ1) is 12.6. The zero-order valence-electron chi connectivity index (χ0n) is 9.77. The Bertz CT molecular complexity index is 347. The molecule has 3 heteroatoms. The molecule has 1 atom stereocenters. The first-order chi connectivity index (χ1) is 7.67. The van der Waals surface area contributed by atoms with Crippen molar-refractivity contribution in [3.63, 3.8) is 0 Å². The number of carbonyl (C=O) groups excluding carboxylic acids is 1. The van der Waals surface area contributed by atoms with Gasteiger partial charge < -0.3 is 9.84 Å². The highest BCUT2D eigenvalue weighted by molar-refractivity contribution is 5.70. The van der Waals surface area contributed by atoms with Gasteiger partial charge in [0.2, 0.25) is 0 Å². The van der Waals surface area contributed by atoms with E-state index in [4.69, 9.17) is 0 Å². The van der Waals surface area contributed by atoms with Crippen LogP contribution in [0.15, 0.2) is 24.3 Å². The van der Waals surface area contributed by atoms with Gasteiger partial charge in [0.25, 0.3) is 0 Å². The molecule has 0 aliphatic carbocycles. The van der Waals surface area contributed by atoms with Gasteiger partial charge in [0.1, 0.15) is 5.75 Å². The van der Waals surface area contributed by atoms with Crippen LogP contribution in [0.1, 0.15) is 37.7 Å². The largest absolute Gasteiger partial charge is 0.508 e. The van der Waals surface area contributed by atoms with Crippen LogP contribution in [0.3, 0.4) is 0 Å².